The van der Waals surface area contributed by atoms with Crippen LogP contribution in [0.3, 0.4) is 0 Å². The quantitative estimate of drug-likeness (QED) is 0.0215. The Bertz CT molecular complexity index is 1140. The first-order valence-corrected chi connectivity index (χ1v) is 23.5. The van der Waals surface area contributed by atoms with E-state index in [2.05, 4.69) is 74.6 Å². The Kier molecular flexibility index (Phi) is 36.7. The van der Waals surface area contributed by atoms with Gasteiger partial charge < -0.3 is 18.9 Å². The fourth-order valence-electron chi connectivity index (χ4n) is 5.59. The van der Waals surface area contributed by atoms with E-state index >= 15 is 0 Å². The predicted molar refractivity (Wildman–Crippen MR) is 233 cm³/mol. The van der Waals surface area contributed by atoms with Crippen molar-refractivity contribution in [2.75, 3.05) is 47.5 Å². The average Bonchev–Trinajstić information content (AvgIpc) is 3.15. The van der Waals surface area contributed by atoms with Gasteiger partial charge in [-0.05, 0) is 77.0 Å². The molecule has 0 aliphatic rings. The number of unbranched alkanes of at least 4 members (excludes halogenated alkanes) is 15. The Balaban J connectivity index is 4.41. The molecular formula is C46H83NO8P+. The number of rotatable bonds is 39. The van der Waals surface area contributed by atoms with Gasteiger partial charge in [0.1, 0.15) is 19.8 Å². The first-order valence-electron chi connectivity index (χ1n) is 22.0. The summed E-state index contributed by atoms with van der Waals surface area (Å²) < 4.78 is 34.3. The minimum Gasteiger partial charge on any atom is -0.462 e. The van der Waals surface area contributed by atoms with Crippen molar-refractivity contribution in [1.82, 2.24) is 0 Å². The van der Waals surface area contributed by atoms with Gasteiger partial charge in [-0.15, -0.1) is 0 Å². The second-order valence-corrected chi connectivity index (χ2v) is 17.1. The van der Waals surface area contributed by atoms with Gasteiger partial charge in [0.25, 0.3) is 0 Å². The molecule has 0 heterocycles. The summed E-state index contributed by atoms with van der Waals surface area (Å²) in [5, 5.41) is 0. The Hall–Kier alpha value is -2.29. The van der Waals surface area contributed by atoms with Gasteiger partial charge in [-0.3, -0.25) is 18.6 Å². The van der Waals surface area contributed by atoms with Gasteiger partial charge in [-0.25, -0.2) is 4.57 Å². The molecule has 0 bridgehead atoms. The third-order valence-electron chi connectivity index (χ3n) is 9.03. The highest BCUT2D eigenvalue weighted by atomic mass is 31.2. The standard InChI is InChI=1S/C46H82NO8P/c1-6-8-10-12-14-16-18-20-22-23-25-27-29-31-33-35-37-39-46(49)55-44(43-54-56(50,51)53-41-40-47(3,4)5)42-52-45(48)38-36-34-32-30-28-26-24-21-19-17-15-13-11-9-7-2/h9,11,14-17,20-22,24,44H,6-8,10,12-13,18-19,23,25-43H2,1-5H3/p+1/b11-9-,16-14-,17-15-,22-20-,24-21-/t44-/m1/s1. The normalized spacial score (nSPS) is 14.2. The van der Waals surface area contributed by atoms with Crippen LogP contribution in [0.15, 0.2) is 60.8 Å². The molecule has 0 saturated carbocycles. The van der Waals surface area contributed by atoms with Crippen LogP contribution in [-0.2, 0) is 32.7 Å². The molecule has 2 atom stereocenters. The van der Waals surface area contributed by atoms with Crippen LogP contribution in [0.2, 0.25) is 0 Å². The summed E-state index contributed by atoms with van der Waals surface area (Å²) in [5.41, 5.74) is 0. The number of nitrogens with zero attached hydrogens (tertiary/aromatic N) is 1. The largest absolute Gasteiger partial charge is 0.472 e. The van der Waals surface area contributed by atoms with Crippen molar-refractivity contribution in [3.05, 3.63) is 60.8 Å². The second kappa shape index (κ2) is 38.2. The molecule has 1 unspecified atom stereocenters. The molecule has 0 aliphatic heterocycles. The molecule has 1 N–H and O–H groups in total. The molecule has 0 aromatic heterocycles. The van der Waals surface area contributed by atoms with E-state index < -0.39 is 26.5 Å². The van der Waals surface area contributed by atoms with Crippen molar-refractivity contribution in [3.63, 3.8) is 0 Å². The zero-order chi connectivity index (χ0) is 41.4. The van der Waals surface area contributed by atoms with Crippen LogP contribution in [0.5, 0.6) is 0 Å². The van der Waals surface area contributed by atoms with Gasteiger partial charge in [-0.1, -0.05) is 139 Å². The molecule has 0 rings (SSSR count). The lowest BCUT2D eigenvalue weighted by atomic mass is 10.1. The van der Waals surface area contributed by atoms with Gasteiger partial charge in [-0.2, -0.15) is 0 Å². The van der Waals surface area contributed by atoms with E-state index in [0.29, 0.717) is 23.9 Å². The summed E-state index contributed by atoms with van der Waals surface area (Å²) in [7, 11) is 1.45. The number of carbonyl (C=O) groups is 2. The molecule has 9 nitrogen and oxygen atoms in total. The monoisotopic (exact) mass is 809 g/mol. The summed E-state index contributed by atoms with van der Waals surface area (Å²) in [6.07, 6.45) is 45.5. The van der Waals surface area contributed by atoms with Gasteiger partial charge in [0.05, 0.1) is 27.7 Å². The molecule has 0 aliphatic carbocycles. The number of ether oxygens (including phenoxy) is 2. The number of esters is 2. The second-order valence-electron chi connectivity index (χ2n) is 15.7. The maximum absolute atomic E-state index is 12.7. The molecule has 0 spiro atoms. The molecule has 0 fully saturated rings. The predicted octanol–water partition coefficient (Wildman–Crippen LogP) is 12.5. The third kappa shape index (κ3) is 41.3. The molecule has 0 aromatic carbocycles. The number of likely N-dealkylation sites (N-methyl/N-ethyl adjacent to an activating group) is 1. The first-order chi connectivity index (χ1) is 27.0. The van der Waals surface area contributed by atoms with Crippen molar-refractivity contribution >= 4 is 19.8 Å². The van der Waals surface area contributed by atoms with Crippen LogP contribution in [0.25, 0.3) is 0 Å². The van der Waals surface area contributed by atoms with E-state index in [-0.39, 0.29) is 32.0 Å². The van der Waals surface area contributed by atoms with E-state index in [9.17, 15) is 19.0 Å². The summed E-state index contributed by atoms with van der Waals surface area (Å²) in [4.78, 5) is 35.4. The lowest BCUT2D eigenvalue weighted by Crippen LogP contribution is -2.37. The number of quaternary nitrogens is 1. The number of phosphoric ester groups is 1. The molecule has 0 radical (unpaired) electrons. The van der Waals surface area contributed by atoms with Gasteiger partial charge in [0.2, 0.25) is 0 Å². The van der Waals surface area contributed by atoms with E-state index in [4.69, 9.17) is 18.5 Å². The molecule has 0 aromatic rings. The zero-order valence-electron chi connectivity index (χ0n) is 36.3. The highest BCUT2D eigenvalue weighted by Gasteiger charge is 2.27. The lowest BCUT2D eigenvalue weighted by Gasteiger charge is -2.24. The van der Waals surface area contributed by atoms with E-state index in [1.54, 1.807) is 0 Å². The minimum atomic E-state index is -4.38. The molecule has 0 amide bonds. The van der Waals surface area contributed by atoms with Crippen molar-refractivity contribution < 1.29 is 42.1 Å². The van der Waals surface area contributed by atoms with Crippen LogP contribution in [0, 0.1) is 0 Å². The molecule has 10 heteroatoms. The molecule has 56 heavy (non-hydrogen) atoms. The number of hydrogen-bond donors (Lipinski definition) is 1. The SMILES string of the molecule is CC/C=C\C/C=C\C/C=C\CCCCCCCC(=O)OC[C@H](COP(=O)(O)OCC[N+](C)(C)C)OC(=O)CCCCCCCCC/C=C\C/C=C\CCCCC. The Morgan fingerprint density at radius 3 is 1.52 bits per heavy atom. The van der Waals surface area contributed by atoms with Gasteiger partial charge in [0.15, 0.2) is 6.10 Å². The van der Waals surface area contributed by atoms with Crippen molar-refractivity contribution in [3.8, 4) is 0 Å². The average molecular weight is 809 g/mol. The van der Waals surface area contributed by atoms with Crippen LogP contribution < -0.4 is 0 Å². The van der Waals surface area contributed by atoms with Crippen LogP contribution in [-0.4, -0.2) is 74.9 Å². The number of allylic oxidation sites excluding steroid dienone is 10. The van der Waals surface area contributed by atoms with Crippen LogP contribution in [0.1, 0.15) is 168 Å². The number of hydrogen-bond acceptors (Lipinski definition) is 7. The summed E-state index contributed by atoms with van der Waals surface area (Å²) in [5.74, 6) is -0.831. The van der Waals surface area contributed by atoms with Crippen molar-refractivity contribution in [2.45, 2.75) is 174 Å². The first kappa shape index (κ1) is 53.7. The van der Waals surface area contributed by atoms with Gasteiger partial charge in [0, 0.05) is 12.8 Å². The number of carbonyl (C=O) groups excluding carboxylic acids is 2. The molecule has 0 saturated heterocycles. The van der Waals surface area contributed by atoms with E-state index in [1.807, 2.05) is 21.1 Å². The lowest BCUT2D eigenvalue weighted by molar-refractivity contribution is -0.870. The molecule has 324 valence electrons. The smallest absolute Gasteiger partial charge is 0.462 e. The maximum Gasteiger partial charge on any atom is 0.472 e. The Morgan fingerprint density at radius 1 is 0.571 bits per heavy atom. The summed E-state index contributed by atoms with van der Waals surface area (Å²) in [6, 6.07) is 0. The summed E-state index contributed by atoms with van der Waals surface area (Å²) >= 11 is 0. The maximum atomic E-state index is 12.7. The Labute approximate surface area is 343 Å². The van der Waals surface area contributed by atoms with Crippen molar-refractivity contribution in [2.24, 2.45) is 0 Å². The fourth-order valence-corrected chi connectivity index (χ4v) is 6.33. The molecular weight excluding hydrogens is 725 g/mol. The highest BCUT2D eigenvalue weighted by Crippen LogP contribution is 2.43. The number of phosphoric acid groups is 1. The fraction of sp³-hybridized carbons (Fsp3) is 0.739. The Morgan fingerprint density at radius 2 is 1.02 bits per heavy atom. The highest BCUT2D eigenvalue weighted by molar-refractivity contribution is 7.47. The third-order valence-corrected chi connectivity index (χ3v) is 10.0. The zero-order valence-corrected chi connectivity index (χ0v) is 37.2. The van der Waals surface area contributed by atoms with Crippen LogP contribution in [0.4, 0.5) is 0 Å². The van der Waals surface area contributed by atoms with Crippen LogP contribution >= 0.6 is 7.82 Å². The van der Waals surface area contributed by atoms with Gasteiger partial charge >= 0.3 is 19.8 Å². The summed E-state index contributed by atoms with van der Waals surface area (Å²) in [6.45, 7) is 4.24. The topological polar surface area (TPSA) is 108 Å². The van der Waals surface area contributed by atoms with E-state index in [1.165, 1.54) is 44.9 Å². The van der Waals surface area contributed by atoms with Crippen molar-refractivity contribution in [1.29, 1.82) is 0 Å². The minimum absolute atomic E-state index is 0.0244. The van der Waals surface area contributed by atoms with E-state index in [0.717, 1.165) is 83.5 Å².